The van der Waals surface area contributed by atoms with Crippen molar-refractivity contribution < 1.29 is 64.6 Å². The first-order valence-corrected chi connectivity index (χ1v) is 21.1. The number of aliphatic hydroxyl groups excluding tert-OH is 8. The van der Waals surface area contributed by atoms with Gasteiger partial charge in [-0.15, -0.1) is 0 Å². The van der Waals surface area contributed by atoms with Gasteiger partial charge in [-0.3, -0.25) is 4.79 Å². The molecule has 0 aromatic carbocycles. The normalized spacial score (nSPS) is 54.9. The van der Waals surface area contributed by atoms with Crippen LogP contribution < -0.4 is 0 Å². The highest BCUT2D eigenvalue weighted by Gasteiger charge is 2.84. The van der Waals surface area contributed by atoms with E-state index in [1.54, 1.807) is 0 Å². The van der Waals surface area contributed by atoms with Crippen molar-refractivity contribution in [3.05, 3.63) is 0 Å². The Bertz CT molecular complexity index is 1430. The van der Waals surface area contributed by atoms with Crippen LogP contribution >= 0.6 is 0 Å². The van der Waals surface area contributed by atoms with Gasteiger partial charge in [-0.2, -0.15) is 0 Å². The molecule has 2 aliphatic heterocycles. The molecule has 316 valence electrons. The molecule has 21 atom stereocenters. The van der Waals surface area contributed by atoms with Gasteiger partial charge in [-0.1, -0.05) is 48.5 Å². The van der Waals surface area contributed by atoms with Crippen LogP contribution in [0.5, 0.6) is 0 Å². The Morgan fingerprint density at radius 3 is 2.11 bits per heavy atom. The van der Waals surface area contributed by atoms with Gasteiger partial charge in [-0.25, -0.2) is 0 Å². The van der Waals surface area contributed by atoms with Crippen LogP contribution in [-0.4, -0.2) is 133 Å². The van der Waals surface area contributed by atoms with E-state index in [0.29, 0.717) is 38.0 Å². The van der Waals surface area contributed by atoms with Gasteiger partial charge in [0, 0.05) is 17.8 Å². The molecule has 0 bridgehead atoms. The summed E-state index contributed by atoms with van der Waals surface area (Å²) < 4.78 is 24.5. The van der Waals surface area contributed by atoms with Crippen LogP contribution in [-0.2, 0) is 23.7 Å². The van der Waals surface area contributed by atoms with Crippen molar-refractivity contribution in [2.24, 2.45) is 56.7 Å². The number of carbonyl (C=O) groups is 1. The van der Waals surface area contributed by atoms with E-state index in [1.165, 1.54) is 6.92 Å². The number of hydrogen-bond acceptors (Lipinski definition) is 13. The minimum atomic E-state index is -1.65. The number of Topliss-reactive ketones (excluding diaryl/α,β-unsaturated/α-hetero) is 1. The maximum absolute atomic E-state index is 12.6. The molecule has 8 N–H and O–H groups in total. The predicted octanol–water partition coefficient (Wildman–Crippen LogP) is 2.05. The molecule has 7 rings (SSSR count). The lowest BCUT2D eigenvalue weighted by atomic mass is 9.41. The fraction of sp³-hybridized carbons (Fsp3) is 0.976. The molecule has 2 saturated heterocycles. The van der Waals surface area contributed by atoms with Crippen molar-refractivity contribution in [2.45, 2.75) is 193 Å². The van der Waals surface area contributed by atoms with Gasteiger partial charge in [0.05, 0.1) is 31.0 Å². The molecule has 21 unspecified atom stereocenters. The minimum absolute atomic E-state index is 0.0112. The summed E-state index contributed by atoms with van der Waals surface area (Å²) in [4.78, 5) is 12.6. The van der Waals surface area contributed by atoms with E-state index in [-0.39, 0.29) is 51.8 Å². The third-order valence-corrected chi connectivity index (χ3v) is 17.5. The van der Waals surface area contributed by atoms with Gasteiger partial charge >= 0.3 is 0 Å². The second-order valence-corrected chi connectivity index (χ2v) is 20.5. The van der Waals surface area contributed by atoms with E-state index >= 15 is 0 Å². The molecule has 13 nitrogen and oxygen atoms in total. The molecular formula is C42H70O13. The van der Waals surface area contributed by atoms with Crippen LogP contribution in [0.4, 0.5) is 0 Å². The molecule has 2 heterocycles. The van der Waals surface area contributed by atoms with Gasteiger partial charge < -0.3 is 59.8 Å². The summed E-state index contributed by atoms with van der Waals surface area (Å²) in [5.41, 5.74) is -1.24. The van der Waals surface area contributed by atoms with Crippen molar-refractivity contribution >= 4 is 5.78 Å². The van der Waals surface area contributed by atoms with Gasteiger partial charge in [0.25, 0.3) is 0 Å². The maximum atomic E-state index is 12.6. The summed E-state index contributed by atoms with van der Waals surface area (Å²) in [6, 6.07) is 0. The zero-order chi connectivity index (χ0) is 40.4. The molecule has 5 aliphatic carbocycles. The van der Waals surface area contributed by atoms with Crippen LogP contribution in [0.15, 0.2) is 0 Å². The van der Waals surface area contributed by atoms with Crippen LogP contribution in [0.1, 0.15) is 113 Å². The Morgan fingerprint density at radius 1 is 0.782 bits per heavy atom. The van der Waals surface area contributed by atoms with Gasteiger partial charge in [0.1, 0.15) is 48.5 Å². The van der Waals surface area contributed by atoms with Crippen LogP contribution in [0.2, 0.25) is 0 Å². The fourth-order valence-corrected chi connectivity index (χ4v) is 14.3. The Hall–Kier alpha value is -0.810. The molecule has 13 heteroatoms. The first-order valence-electron chi connectivity index (χ1n) is 21.1. The van der Waals surface area contributed by atoms with Crippen molar-refractivity contribution in [3.8, 4) is 0 Å². The number of hydrogen-bond donors (Lipinski definition) is 8. The molecule has 0 amide bonds. The zero-order valence-electron chi connectivity index (χ0n) is 34.1. The second-order valence-electron chi connectivity index (χ2n) is 20.5. The number of ketones is 1. The Labute approximate surface area is 326 Å². The van der Waals surface area contributed by atoms with E-state index in [9.17, 15) is 45.6 Å². The van der Waals surface area contributed by atoms with Crippen molar-refractivity contribution in [1.29, 1.82) is 0 Å². The summed E-state index contributed by atoms with van der Waals surface area (Å²) in [7, 11) is 0. The molecule has 7 fully saturated rings. The van der Waals surface area contributed by atoms with Gasteiger partial charge in [0.2, 0.25) is 0 Å². The largest absolute Gasteiger partial charge is 0.394 e. The van der Waals surface area contributed by atoms with Gasteiger partial charge in [-0.05, 0) is 104 Å². The van der Waals surface area contributed by atoms with Crippen molar-refractivity contribution in [1.82, 2.24) is 0 Å². The lowest BCUT2D eigenvalue weighted by Gasteiger charge is -2.64. The van der Waals surface area contributed by atoms with E-state index in [1.807, 2.05) is 13.8 Å². The molecule has 2 spiro atoms. The van der Waals surface area contributed by atoms with Crippen molar-refractivity contribution in [2.75, 3.05) is 6.61 Å². The third kappa shape index (κ3) is 6.10. The Kier molecular flexibility index (Phi) is 11.1. The molecule has 55 heavy (non-hydrogen) atoms. The van der Waals surface area contributed by atoms with Crippen LogP contribution in [0.25, 0.3) is 0 Å². The smallest absolute Gasteiger partial charge is 0.187 e. The summed E-state index contributed by atoms with van der Waals surface area (Å²) in [6.07, 6.45) is -8.37. The van der Waals surface area contributed by atoms with E-state index < -0.39 is 91.1 Å². The lowest BCUT2D eigenvalue weighted by Crippen LogP contribution is -2.65. The van der Waals surface area contributed by atoms with E-state index in [4.69, 9.17) is 18.9 Å². The Morgan fingerprint density at radius 2 is 1.45 bits per heavy atom. The molecule has 5 saturated carbocycles. The summed E-state index contributed by atoms with van der Waals surface area (Å²) in [6.45, 7) is 15.9. The van der Waals surface area contributed by atoms with E-state index in [0.717, 1.165) is 25.7 Å². The second kappa shape index (κ2) is 14.4. The topological polar surface area (TPSA) is 216 Å². The molecule has 7 aliphatic rings. The number of carbonyl (C=O) groups excluding carboxylic acids is 1. The lowest BCUT2D eigenvalue weighted by molar-refractivity contribution is -0.375. The number of fused-ring (bicyclic) bond motifs is 2. The van der Waals surface area contributed by atoms with Gasteiger partial charge in [0.15, 0.2) is 12.6 Å². The summed E-state index contributed by atoms with van der Waals surface area (Å²) >= 11 is 0. The first kappa shape index (κ1) is 42.3. The SMILES string of the molecule is CC(C)C(=O)CCC(C)C1C(O)CC2(C)C3CCC4C(C)(C)C(OC5OC(CO)C(O)C(O)C5OC5OC(C)C(O)C(O)C5O)CCC45CC35CC(O)C12C. The molecule has 0 aromatic rings. The standard InChI is InChI=1S/C42H70O13/c1-19(2)22(44)10-9-20(3)29-23(45)15-39(7)26-12-11-25-38(5,6)28(13-14-41(25)18-42(26,41)16-27(46)40(29,39)8)54-37-35(33(50)31(48)24(17-43)53-37)55-36-34(51)32(49)30(47)21(4)52-36/h19-21,23-37,43,45-51H,9-18H2,1-8H3. The fourth-order valence-electron chi connectivity index (χ4n) is 14.3. The highest BCUT2D eigenvalue weighted by Crippen LogP contribution is 2.89. The minimum Gasteiger partial charge on any atom is -0.394 e. The molecule has 0 aromatic heterocycles. The summed E-state index contributed by atoms with van der Waals surface area (Å²) in [5, 5.41) is 87.7. The molecular weight excluding hydrogens is 712 g/mol. The zero-order valence-corrected chi connectivity index (χ0v) is 34.1. The number of aliphatic hydroxyl groups is 8. The predicted molar refractivity (Wildman–Crippen MR) is 198 cm³/mol. The maximum Gasteiger partial charge on any atom is 0.187 e. The third-order valence-electron chi connectivity index (χ3n) is 17.5. The quantitative estimate of drug-likeness (QED) is 0.149. The first-order chi connectivity index (χ1) is 25.6. The van der Waals surface area contributed by atoms with Crippen LogP contribution in [0.3, 0.4) is 0 Å². The number of ether oxygens (including phenoxy) is 4. The highest BCUT2D eigenvalue weighted by molar-refractivity contribution is 5.80. The van der Waals surface area contributed by atoms with E-state index in [2.05, 4.69) is 34.6 Å². The monoisotopic (exact) mass is 782 g/mol. The average Bonchev–Trinajstić information content (AvgIpc) is 3.72. The number of rotatable bonds is 10. The Balaban J connectivity index is 1.11. The van der Waals surface area contributed by atoms with Crippen LogP contribution in [0, 0.1) is 56.7 Å². The van der Waals surface area contributed by atoms with Crippen molar-refractivity contribution in [3.63, 3.8) is 0 Å². The average molecular weight is 783 g/mol. The molecule has 0 radical (unpaired) electrons. The highest BCUT2D eigenvalue weighted by atomic mass is 16.8. The summed E-state index contributed by atoms with van der Waals surface area (Å²) in [5.74, 6) is 0.791.